The summed E-state index contributed by atoms with van der Waals surface area (Å²) in [5.74, 6) is -0.742. The van der Waals surface area contributed by atoms with E-state index in [0.717, 1.165) is 17.9 Å². The molecule has 0 amide bonds. The van der Waals surface area contributed by atoms with E-state index >= 15 is 4.39 Å². The lowest BCUT2D eigenvalue weighted by Gasteiger charge is -2.32. The van der Waals surface area contributed by atoms with Crippen molar-refractivity contribution in [1.29, 1.82) is 0 Å². The Kier molecular flexibility index (Phi) is 6.36. The van der Waals surface area contributed by atoms with Gasteiger partial charge >= 0.3 is 0 Å². The molecule has 0 aromatic heterocycles. The van der Waals surface area contributed by atoms with Crippen LogP contribution in [0.4, 0.5) is 13.2 Å². The van der Waals surface area contributed by atoms with Gasteiger partial charge in [-0.05, 0) is 73.5 Å². The number of aryl methyl sites for hydroxylation is 1. The van der Waals surface area contributed by atoms with Crippen LogP contribution in [0.5, 0.6) is 0 Å². The van der Waals surface area contributed by atoms with Gasteiger partial charge in [-0.3, -0.25) is 0 Å². The molecular formula is C27H31F3. The van der Waals surface area contributed by atoms with E-state index in [9.17, 15) is 8.78 Å². The van der Waals surface area contributed by atoms with Gasteiger partial charge in [-0.1, -0.05) is 62.6 Å². The molecule has 1 saturated carbocycles. The predicted octanol–water partition coefficient (Wildman–Crippen LogP) is 7.96. The molecule has 0 bridgehead atoms. The molecule has 30 heavy (non-hydrogen) atoms. The van der Waals surface area contributed by atoms with Crippen LogP contribution in [-0.2, 0) is 19.3 Å². The zero-order valence-electron chi connectivity index (χ0n) is 18.0. The minimum Gasteiger partial charge on any atom is -0.206 e. The van der Waals surface area contributed by atoms with Crippen molar-refractivity contribution >= 4 is 0 Å². The Morgan fingerprint density at radius 1 is 0.833 bits per heavy atom. The van der Waals surface area contributed by atoms with Crippen molar-refractivity contribution in [2.24, 2.45) is 11.8 Å². The second kappa shape index (κ2) is 8.99. The Morgan fingerprint density at radius 3 is 2.23 bits per heavy atom. The molecule has 0 spiro atoms. The molecule has 0 aliphatic heterocycles. The van der Waals surface area contributed by atoms with E-state index in [2.05, 4.69) is 13.0 Å². The largest absolute Gasteiger partial charge is 0.206 e. The lowest BCUT2D eigenvalue weighted by atomic mass is 9.74. The Hall–Kier alpha value is -2.03. The van der Waals surface area contributed by atoms with Gasteiger partial charge in [0.25, 0.3) is 0 Å². The minimum absolute atomic E-state index is 0.00835. The zero-order valence-corrected chi connectivity index (χ0v) is 18.0. The van der Waals surface area contributed by atoms with Crippen molar-refractivity contribution in [1.82, 2.24) is 0 Å². The molecule has 0 unspecified atom stereocenters. The van der Waals surface area contributed by atoms with Crippen molar-refractivity contribution in [3.8, 4) is 11.1 Å². The summed E-state index contributed by atoms with van der Waals surface area (Å²) in [6, 6.07) is 6.59. The fourth-order valence-electron chi connectivity index (χ4n) is 5.39. The summed E-state index contributed by atoms with van der Waals surface area (Å²) >= 11 is 0. The number of benzene rings is 2. The zero-order chi connectivity index (χ0) is 21.3. The van der Waals surface area contributed by atoms with Gasteiger partial charge in [0.1, 0.15) is 5.82 Å². The van der Waals surface area contributed by atoms with E-state index in [-0.39, 0.29) is 11.1 Å². The molecule has 4 rings (SSSR count). The molecule has 1 fully saturated rings. The molecule has 0 heterocycles. The molecule has 2 aromatic rings. The van der Waals surface area contributed by atoms with Crippen LogP contribution in [0.1, 0.15) is 69.1 Å². The van der Waals surface area contributed by atoms with E-state index < -0.39 is 17.5 Å². The fourth-order valence-corrected chi connectivity index (χ4v) is 5.39. The second-order valence-corrected chi connectivity index (χ2v) is 8.98. The first-order valence-electron chi connectivity index (χ1n) is 11.5. The normalized spacial score (nSPS) is 21.3. The summed E-state index contributed by atoms with van der Waals surface area (Å²) < 4.78 is 44.2. The highest BCUT2D eigenvalue weighted by atomic mass is 19.2. The highest BCUT2D eigenvalue weighted by molar-refractivity contribution is 5.68. The van der Waals surface area contributed by atoms with Gasteiger partial charge in [-0.15, -0.1) is 0 Å². The summed E-state index contributed by atoms with van der Waals surface area (Å²) in [5.41, 5.74) is 3.55. The first kappa shape index (κ1) is 21.2. The summed E-state index contributed by atoms with van der Waals surface area (Å²) in [6.45, 7) is 4.03. The van der Waals surface area contributed by atoms with Crippen LogP contribution in [-0.4, -0.2) is 0 Å². The van der Waals surface area contributed by atoms with E-state index in [0.29, 0.717) is 29.9 Å². The molecule has 0 N–H and O–H groups in total. The van der Waals surface area contributed by atoms with Crippen molar-refractivity contribution in [2.45, 2.75) is 71.6 Å². The van der Waals surface area contributed by atoms with Crippen LogP contribution in [0, 0.1) is 29.3 Å². The molecular weight excluding hydrogens is 381 g/mol. The van der Waals surface area contributed by atoms with Crippen LogP contribution in [0.25, 0.3) is 11.1 Å². The third-order valence-electron chi connectivity index (χ3n) is 7.20. The smallest absolute Gasteiger partial charge is 0.167 e. The first-order valence-corrected chi connectivity index (χ1v) is 11.5. The van der Waals surface area contributed by atoms with E-state index in [1.807, 2.05) is 6.07 Å². The maximum absolute atomic E-state index is 15.3. The lowest BCUT2D eigenvalue weighted by Crippen LogP contribution is -2.19. The standard InChI is InChI=1S/C27H31F3/c1-3-5-17-6-8-19(9-7-17)20-11-13-22-21(16-20)12-15-23(26(22)29)24-14-10-18(4-2)25(28)27(24)30/h10-12,14-15,17,19H,3-9,13,16H2,1-2H3. The van der Waals surface area contributed by atoms with Crippen molar-refractivity contribution < 1.29 is 13.2 Å². The fraction of sp³-hybridized carbons (Fsp3) is 0.481. The summed E-state index contributed by atoms with van der Waals surface area (Å²) in [6.07, 6.45) is 11.6. The van der Waals surface area contributed by atoms with Crippen molar-refractivity contribution in [3.05, 3.63) is 70.1 Å². The number of hydrogen-bond donors (Lipinski definition) is 0. The minimum atomic E-state index is -0.955. The number of allylic oxidation sites excluding steroid dienone is 2. The average molecular weight is 413 g/mol. The average Bonchev–Trinajstić information content (AvgIpc) is 2.77. The number of fused-ring (bicyclic) bond motifs is 1. The molecule has 160 valence electrons. The van der Waals surface area contributed by atoms with Gasteiger partial charge < -0.3 is 0 Å². The van der Waals surface area contributed by atoms with Gasteiger partial charge in [0.2, 0.25) is 0 Å². The van der Waals surface area contributed by atoms with Crippen LogP contribution in [0.15, 0.2) is 35.9 Å². The van der Waals surface area contributed by atoms with Crippen molar-refractivity contribution in [3.63, 3.8) is 0 Å². The van der Waals surface area contributed by atoms with Crippen LogP contribution < -0.4 is 0 Å². The third kappa shape index (κ3) is 3.96. The molecule has 0 radical (unpaired) electrons. The third-order valence-corrected chi connectivity index (χ3v) is 7.20. The van der Waals surface area contributed by atoms with Crippen LogP contribution >= 0.6 is 0 Å². The van der Waals surface area contributed by atoms with Gasteiger partial charge in [-0.25, -0.2) is 13.2 Å². The highest BCUT2D eigenvalue weighted by Crippen LogP contribution is 2.40. The molecule has 2 aliphatic rings. The predicted molar refractivity (Wildman–Crippen MR) is 117 cm³/mol. The van der Waals surface area contributed by atoms with E-state index in [1.54, 1.807) is 19.1 Å². The summed E-state index contributed by atoms with van der Waals surface area (Å²) in [7, 11) is 0. The molecule has 0 saturated heterocycles. The van der Waals surface area contributed by atoms with Crippen molar-refractivity contribution in [2.75, 3.05) is 0 Å². The van der Waals surface area contributed by atoms with Crippen LogP contribution in [0.2, 0.25) is 0 Å². The quantitative estimate of drug-likeness (QED) is 0.437. The maximum Gasteiger partial charge on any atom is 0.167 e. The lowest BCUT2D eigenvalue weighted by molar-refractivity contribution is 0.283. The number of hydrogen-bond acceptors (Lipinski definition) is 0. The topological polar surface area (TPSA) is 0 Å². The first-order chi connectivity index (χ1) is 14.5. The van der Waals surface area contributed by atoms with Gasteiger partial charge in [0.15, 0.2) is 11.6 Å². The molecule has 2 aromatic carbocycles. The second-order valence-electron chi connectivity index (χ2n) is 8.98. The van der Waals surface area contributed by atoms with E-state index in [1.165, 1.54) is 50.2 Å². The van der Waals surface area contributed by atoms with Crippen LogP contribution in [0.3, 0.4) is 0 Å². The Balaban J connectivity index is 1.56. The SMILES string of the molecule is CCCC1CCC(C2=CCc3c(ccc(-c4ccc(CC)c(F)c4F)c3F)C2)CC1. The summed E-state index contributed by atoms with van der Waals surface area (Å²) in [5, 5.41) is 0. The monoisotopic (exact) mass is 412 g/mol. The Labute approximate surface area is 178 Å². The maximum atomic E-state index is 15.3. The number of halogens is 3. The van der Waals surface area contributed by atoms with E-state index in [4.69, 9.17) is 0 Å². The van der Waals surface area contributed by atoms with Gasteiger partial charge in [0, 0.05) is 11.1 Å². The highest BCUT2D eigenvalue weighted by Gasteiger charge is 2.27. The summed E-state index contributed by atoms with van der Waals surface area (Å²) in [4.78, 5) is 0. The molecule has 0 nitrogen and oxygen atoms in total. The molecule has 3 heteroatoms. The Morgan fingerprint density at radius 2 is 1.53 bits per heavy atom. The molecule has 2 aliphatic carbocycles. The van der Waals surface area contributed by atoms with Gasteiger partial charge in [0.05, 0.1) is 0 Å². The molecule has 0 atom stereocenters. The number of rotatable bonds is 5. The Bertz CT molecular complexity index is 949. The van der Waals surface area contributed by atoms with Gasteiger partial charge in [-0.2, -0.15) is 0 Å².